The highest BCUT2D eigenvalue weighted by Crippen LogP contribution is 2.10. The molecule has 1 rings (SSSR count). The van der Waals surface area contributed by atoms with Gasteiger partial charge in [0.25, 0.3) is 0 Å². The molecule has 0 aromatic heterocycles. The zero-order chi connectivity index (χ0) is 9.14. The van der Waals surface area contributed by atoms with Crippen LogP contribution in [0.15, 0.2) is 0 Å². The van der Waals surface area contributed by atoms with Crippen LogP contribution in [0.4, 0.5) is 0 Å². The van der Waals surface area contributed by atoms with E-state index in [0.717, 1.165) is 6.54 Å². The number of hydrazine groups is 1. The third-order valence-electron chi connectivity index (χ3n) is 2.11. The molecule has 4 heteroatoms. The van der Waals surface area contributed by atoms with Crippen molar-refractivity contribution in [3.63, 3.8) is 0 Å². The van der Waals surface area contributed by atoms with E-state index in [0.29, 0.717) is 19.4 Å². The highest BCUT2D eigenvalue weighted by atomic mass is 16.3. The molecule has 1 aliphatic rings. The van der Waals surface area contributed by atoms with Crippen LogP contribution in [0.25, 0.3) is 0 Å². The Balaban J connectivity index is 2.34. The van der Waals surface area contributed by atoms with Crippen molar-refractivity contribution in [1.82, 2.24) is 10.0 Å². The van der Waals surface area contributed by atoms with Gasteiger partial charge in [0.05, 0.1) is 6.10 Å². The summed E-state index contributed by atoms with van der Waals surface area (Å²) in [6, 6.07) is 0. The van der Waals surface area contributed by atoms with Crippen molar-refractivity contribution < 1.29 is 9.90 Å². The van der Waals surface area contributed by atoms with Crippen LogP contribution in [-0.4, -0.2) is 47.3 Å². The van der Waals surface area contributed by atoms with Gasteiger partial charge in [-0.05, 0) is 13.3 Å². The van der Waals surface area contributed by atoms with Crippen LogP contribution in [0, 0.1) is 0 Å². The first-order chi connectivity index (χ1) is 5.61. The lowest BCUT2D eigenvalue weighted by atomic mass is 10.3. The minimum atomic E-state index is -0.327. The van der Waals surface area contributed by atoms with Crippen LogP contribution in [-0.2, 0) is 4.79 Å². The van der Waals surface area contributed by atoms with Gasteiger partial charge in [-0.25, -0.2) is 5.01 Å². The Hall–Kier alpha value is -0.610. The number of aliphatic hydroxyl groups is 1. The van der Waals surface area contributed by atoms with Crippen molar-refractivity contribution in [1.29, 1.82) is 0 Å². The normalized spacial score (nSPS) is 21.9. The molecule has 1 unspecified atom stereocenters. The summed E-state index contributed by atoms with van der Waals surface area (Å²) in [4.78, 5) is 11.2. The molecule has 1 N–H and O–H groups in total. The summed E-state index contributed by atoms with van der Waals surface area (Å²) in [7, 11) is 1.90. The zero-order valence-electron chi connectivity index (χ0n) is 7.66. The molecule has 4 nitrogen and oxygen atoms in total. The Morgan fingerprint density at radius 1 is 1.67 bits per heavy atom. The van der Waals surface area contributed by atoms with Gasteiger partial charge in [-0.3, -0.25) is 9.80 Å². The van der Waals surface area contributed by atoms with E-state index in [1.807, 2.05) is 12.1 Å². The molecule has 0 aliphatic carbocycles. The number of hydrogen-bond donors (Lipinski definition) is 1. The average molecular weight is 172 g/mol. The van der Waals surface area contributed by atoms with E-state index in [4.69, 9.17) is 5.11 Å². The van der Waals surface area contributed by atoms with Crippen LogP contribution < -0.4 is 0 Å². The lowest BCUT2D eigenvalue weighted by Gasteiger charge is -2.24. The molecule has 1 amide bonds. The molecule has 70 valence electrons. The number of rotatable bonds is 3. The maximum Gasteiger partial charge on any atom is 0.238 e. The maximum atomic E-state index is 11.2. The lowest BCUT2D eigenvalue weighted by Crippen LogP contribution is -2.37. The first kappa shape index (κ1) is 9.48. The fourth-order valence-corrected chi connectivity index (χ4v) is 1.30. The number of nitrogens with zero attached hydrogens (tertiary/aromatic N) is 2. The smallest absolute Gasteiger partial charge is 0.238 e. The number of hydrogen-bond acceptors (Lipinski definition) is 3. The van der Waals surface area contributed by atoms with Crippen LogP contribution >= 0.6 is 0 Å². The quantitative estimate of drug-likeness (QED) is 0.643. The summed E-state index contributed by atoms with van der Waals surface area (Å²) in [5, 5.41) is 12.6. The van der Waals surface area contributed by atoms with E-state index in [2.05, 4.69) is 0 Å². The molecule has 1 fully saturated rings. The molecule has 0 spiro atoms. The van der Waals surface area contributed by atoms with Crippen molar-refractivity contribution in [3.8, 4) is 0 Å². The minimum Gasteiger partial charge on any atom is -0.393 e. The Kier molecular flexibility index (Phi) is 3.05. The lowest BCUT2D eigenvalue weighted by molar-refractivity contribution is -0.136. The SMILES string of the molecule is CC(O)CCN1C(=O)CCN1C. The number of aliphatic hydroxyl groups excluding tert-OH is 1. The number of carbonyl (C=O) groups is 1. The number of amides is 1. The maximum absolute atomic E-state index is 11.2. The van der Waals surface area contributed by atoms with Crippen molar-refractivity contribution in [3.05, 3.63) is 0 Å². The monoisotopic (exact) mass is 172 g/mol. The highest BCUT2D eigenvalue weighted by Gasteiger charge is 2.25. The Morgan fingerprint density at radius 2 is 2.33 bits per heavy atom. The van der Waals surface area contributed by atoms with Gasteiger partial charge >= 0.3 is 0 Å². The van der Waals surface area contributed by atoms with Crippen LogP contribution in [0.3, 0.4) is 0 Å². The number of carbonyl (C=O) groups excluding carboxylic acids is 1. The summed E-state index contributed by atoms with van der Waals surface area (Å²) < 4.78 is 0. The average Bonchev–Trinajstić information content (AvgIpc) is 2.28. The van der Waals surface area contributed by atoms with Gasteiger partial charge in [0, 0.05) is 26.6 Å². The Labute approximate surface area is 72.7 Å². The van der Waals surface area contributed by atoms with Crippen molar-refractivity contribution in [2.45, 2.75) is 25.9 Å². The van der Waals surface area contributed by atoms with Gasteiger partial charge in [0.2, 0.25) is 5.91 Å². The van der Waals surface area contributed by atoms with E-state index in [1.54, 1.807) is 11.9 Å². The molecule has 0 saturated carbocycles. The largest absolute Gasteiger partial charge is 0.393 e. The van der Waals surface area contributed by atoms with Crippen molar-refractivity contribution >= 4 is 5.91 Å². The summed E-state index contributed by atoms with van der Waals surface area (Å²) in [5.41, 5.74) is 0. The predicted molar refractivity (Wildman–Crippen MR) is 45.3 cm³/mol. The summed E-state index contributed by atoms with van der Waals surface area (Å²) in [6.07, 6.45) is 0.929. The minimum absolute atomic E-state index is 0.165. The summed E-state index contributed by atoms with van der Waals surface area (Å²) >= 11 is 0. The van der Waals surface area contributed by atoms with Crippen LogP contribution in [0.1, 0.15) is 19.8 Å². The molecule has 1 heterocycles. The predicted octanol–water partition coefficient (Wildman–Crippen LogP) is -0.164. The van der Waals surface area contributed by atoms with E-state index >= 15 is 0 Å². The third kappa shape index (κ3) is 2.19. The van der Waals surface area contributed by atoms with Gasteiger partial charge in [-0.1, -0.05) is 0 Å². The van der Waals surface area contributed by atoms with Crippen molar-refractivity contribution in [2.75, 3.05) is 20.1 Å². The second-order valence-corrected chi connectivity index (χ2v) is 3.29. The highest BCUT2D eigenvalue weighted by molar-refractivity contribution is 5.77. The van der Waals surface area contributed by atoms with E-state index in [-0.39, 0.29) is 12.0 Å². The standard InChI is InChI=1S/C8H16N2O2/c1-7(11)3-6-10-8(12)4-5-9(10)2/h7,11H,3-6H2,1-2H3. The molecule has 0 radical (unpaired) electrons. The first-order valence-corrected chi connectivity index (χ1v) is 4.30. The van der Waals surface area contributed by atoms with E-state index in [9.17, 15) is 4.79 Å². The van der Waals surface area contributed by atoms with Gasteiger partial charge in [0.1, 0.15) is 0 Å². The molecular formula is C8H16N2O2. The molecule has 0 bridgehead atoms. The fraction of sp³-hybridized carbons (Fsp3) is 0.875. The van der Waals surface area contributed by atoms with Crippen LogP contribution in [0.2, 0.25) is 0 Å². The second-order valence-electron chi connectivity index (χ2n) is 3.29. The Bertz CT molecular complexity index is 170. The van der Waals surface area contributed by atoms with Gasteiger partial charge in [-0.2, -0.15) is 0 Å². The van der Waals surface area contributed by atoms with Crippen molar-refractivity contribution in [2.24, 2.45) is 0 Å². The fourth-order valence-electron chi connectivity index (χ4n) is 1.30. The summed E-state index contributed by atoms with van der Waals surface area (Å²) in [6.45, 7) is 3.17. The molecule has 1 saturated heterocycles. The van der Waals surface area contributed by atoms with Gasteiger partial charge in [-0.15, -0.1) is 0 Å². The van der Waals surface area contributed by atoms with E-state index < -0.39 is 0 Å². The zero-order valence-corrected chi connectivity index (χ0v) is 7.66. The molecule has 0 aromatic carbocycles. The first-order valence-electron chi connectivity index (χ1n) is 4.30. The van der Waals surface area contributed by atoms with E-state index in [1.165, 1.54) is 0 Å². The molecule has 1 atom stereocenters. The Morgan fingerprint density at radius 3 is 2.75 bits per heavy atom. The molecular weight excluding hydrogens is 156 g/mol. The second kappa shape index (κ2) is 3.87. The third-order valence-corrected chi connectivity index (χ3v) is 2.11. The van der Waals surface area contributed by atoms with Gasteiger partial charge in [0.15, 0.2) is 0 Å². The summed E-state index contributed by atoms with van der Waals surface area (Å²) in [5.74, 6) is 0.165. The van der Waals surface area contributed by atoms with Crippen LogP contribution in [0.5, 0.6) is 0 Å². The molecule has 12 heavy (non-hydrogen) atoms. The molecule has 0 aromatic rings. The topological polar surface area (TPSA) is 43.8 Å². The molecule has 1 aliphatic heterocycles. The van der Waals surface area contributed by atoms with Gasteiger partial charge < -0.3 is 5.11 Å².